The Labute approximate surface area is 186 Å². The average molecular weight is 467 g/mol. The molecular weight excluding hydrogens is 447 g/mol. The van der Waals surface area contributed by atoms with E-state index >= 15 is 0 Å². The van der Waals surface area contributed by atoms with Gasteiger partial charge in [-0.25, -0.2) is 4.79 Å². The lowest BCUT2D eigenvalue weighted by atomic mass is 9.91. The van der Waals surface area contributed by atoms with E-state index in [9.17, 15) is 27.6 Å². The number of halogens is 3. The molecule has 1 heterocycles. The summed E-state index contributed by atoms with van der Waals surface area (Å²) in [6.45, 7) is 0.889. The van der Waals surface area contributed by atoms with Crippen LogP contribution < -0.4 is 24.8 Å². The normalized spacial score (nSPS) is 18.1. The first-order chi connectivity index (χ1) is 15.5. The van der Waals surface area contributed by atoms with Crippen LogP contribution in [-0.4, -0.2) is 49.9 Å². The van der Waals surface area contributed by atoms with Crippen molar-refractivity contribution in [2.75, 3.05) is 26.1 Å². The van der Waals surface area contributed by atoms with Crippen molar-refractivity contribution in [3.05, 3.63) is 48.0 Å². The highest BCUT2D eigenvalue weighted by Gasteiger charge is 2.49. The molecule has 12 heteroatoms. The molecule has 2 aromatic carbocycles. The number of methoxy groups -OCH3 is 2. The molecule has 2 aromatic rings. The number of nitrogens with zero attached hydrogens (tertiary/aromatic N) is 1. The van der Waals surface area contributed by atoms with Crippen molar-refractivity contribution in [3.8, 4) is 17.2 Å². The molecule has 2 N–H and O–H groups in total. The Morgan fingerprint density at radius 3 is 2.27 bits per heavy atom. The first-order valence-corrected chi connectivity index (χ1v) is 9.49. The summed E-state index contributed by atoms with van der Waals surface area (Å²) in [6, 6.07) is 8.37. The molecule has 0 aliphatic carbocycles. The van der Waals surface area contributed by atoms with Gasteiger partial charge < -0.3 is 24.8 Å². The number of hydrogen-bond acceptors (Lipinski definition) is 6. The number of nitrogens with one attached hydrogen (secondary N) is 2. The van der Waals surface area contributed by atoms with Gasteiger partial charge in [-0.15, -0.1) is 13.2 Å². The largest absolute Gasteiger partial charge is 0.573 e. The molecule has 0 saturated carbocycles. The predicted molar refractivity (Wildman–Crippen MR) is 109 cm³/mol. The number of ether oxygens (including phenoxy) is 3. The fourth-order valence-corrected chi connectivity index (χ4v) is 3.27. The zero-order valence-electron chi connectivity index (χ0n) is 17.8. The SMILES string of the molecule is COc1ccc([C@]2(C)NC(=O)N(CC(=O)Nc3ccc(OC(F)(F)F)cc3)C2=O)cc1OC. The molecule has 33 heavy (non-hydrogen) atoms. The van der Waals surface area contributed by atoms with Gasteiger partial charge in [0, 0.05) is 5.69 Å². The zero-order chi connectivity index (χ0) is 24.4. The monoisotopic (exact) mass is 467 g/mol. The Bertz CT molecular complexity index is 1070. The van der Waals surface area contributed by atoms with E-state index in [2.05, 4.69) is 15.4 Å². The molecule has 1 saturated heterocycles. The Morgan fingerprint density at radius 2 is 1.70 bits per heavy atom. The highest BCUT2D eigenvalue weighted by atomic mass is 19.4. The molecule has 1 atom stereocenters. The number of carbonyl (C=O) groups is 3. The van der Waals surface area contributed by atoms with Crippen LogP contribution in [-0.2, 0) is 15.1 Å². The minimum atomic E-state index is -4.84. The summed E-state index contributed by atoms with van der Waals surface area (Å²) in [5.41, 5.74) is -0.876. The van der Waals surface area contributed by atoms with E-state index < -0.39 is 42.0 Å². The van der Waals surface area contributed by atoms with E-state index in [0.29, 0.717) is 17.1 Å². The van der Waals surface area contributed by atoms with E-state index in [1.54, 1.807) is 18.2 Å². The first-order valence-electron chi connectivity index (χ1n) is 9.49. The third kappa shape index (κ3) is 5.10. The van der Waals surface area contributed by atoms with Gasteiger partial charge in [-0.3, -0.25) is 14.5 Å². The van der Waals surface area contributed by atoms with E-state index in [4.69, 9.17) is 9.47 Å². The number of amides is 4. The molecule has 0 bridgehead atoms. The molecule has 1 fully saturated rings. The van der Waals surface area contributed by atoms with Crippen LogP contribution in [0.4, 0.5) is 23.7 Å². The van der Waals surface area contributed by atoms with Gasteiger partial charge >= 0.3 is 12.4 Å². The maximum Gasteiger partial charge on any atom is 0.573 e. The molecule has 176 valence electrons. The standard InChI is InChI=1S/C21H20F3N3O6/c1-20(12-4-9-15(31-2)16(10-12)32-3)18(29)27(19(30)26-20)11-17(28)25-13-5-7-14(8-6-13)33-21(22,23)24/h4-10H,11H2,1-3H3,(H,25,28)(H,26,30)/t20-/m0/s1. The fourth-order valence-electron chi connectivity index (χ4n) is 3.27. The van der Waals surface area contributed by atoms with Crippen molar-refractivity contribution in [2.45, 2.75) is 18.8 Å². The summed E-state index contributed by atoms with van der Waals surface area (Å²) in [7, 11) is 2.89. The molecule has 3 rings (SSSR count). The van der Waals surface area contributed by atoms with Gasteiger partial charge in [0.2, 0.25) is 5.91 Å². The lowest BCUT2D eigenvalue weighted by Gasteiger charge is -2.23. The van der Waals surface area contributed by atoms with Crippen LogP contribution in [0.1, 0.15) is 12.5 Å². The first kappa shape index (κ1) is 23.7. The topological polar surface area (TPSA) is 106 Å². The van der Waals surface area contributed by atoms with Crippen LogP contribution in [0.3, 0.4) is 0 Å². The van der Waals surface area contributed by atoms with Gasteiger partial charge in [0.05, 0.1) is 14.2 Å². The smallest absolute Gasteiger partial charge is 0.493 e. The quantitative estimate of drug-likeness (QED) is 0.607. The summed E-state index contributed by atoms with van der Waals surface area (Å²) >= 11 is 0. The molecule has 1 aliphatic rings. The third-order valence-electron chi connectivity index (χ3n) is 4.91. The van der Waals surface area contributed by atoms with Gasteiger partial charge in [0.15, 0.2) is 11.5 Å². The lowest BCUT2D eigenvalue weighted by molar-refractivity contribution is -0.274. The second kappa shape index (κ2) is 8.88. The van der Waals surface area contributed by atoms with E-state index in [-0.39, 0.29) is 5.69 Å². The minimum absolute atomic E-state index is 0.157. The number of imide groups is 1. The molecule has 1 aliphatic heterocycles. The number of hydrogen-bond donors (Lipinski definition) is 2. The van der Waals surface area contributed by atoms with Gasteiger partial charge in [0.1, 0.15) is 17.8 Å². The Balaban J connectivity index is 1.70. The maximum absolute atomic E-state index is 13.0. The second-order valence-electron chi connectivity index (χ2n) is 7.14. The number of carbonyl (C=O) groups excluding carboxylic acids is 3. The summed E-state index contributed by atoms with van der Waals surface area (Å²) < 4.78 is 50.9. The van der Waals surface area contributed by atoms with Crippen molar-refractivity contribution >= 4 is 23.5 Å². The number of alkyl halides is 3. The van der Waals surface area contributed by atoms with Crippen molar-refractivity contribution in [3.63, 3.8) is 0 Å². The Morgan fingerprint density at radius 1 is 1.06 bits per heavy atom. The molecule has 0 radical (unpaired) electrons. The van der Waals surface area contributed by atoms with Crippen molar-refractivity contribution in [1.82, 2.24) is 10.2 Å². The van der Waals surface area contributed by atoms with Gasteiger partial charge in [0.25, 0.3) is 5.91 Å². The van der Waals surface area contributed by atoms with Gasteiger partial charge in [-0.1, -0.05) is 6.07 Å². The summed E-state index contributed by atoms with van der Waals surface area (Å²) in [4.78, 5) is 38.6. The predicted octanol–water partition coefficient (Wildman–Crippen LogP) is 3.01. The average Bonchev–Trinajstić information content (AvgIpc) is 2.97. The maximum atomic E-state index is 13.0. The second-order valence-corrected chi connectivity index (χ2v) is 7.14. The number of urea groups is 1. The van der Waals surface area contributed by atoms with Crippen molar-refractivity contribution in [1.29, 1.82) is 0 Å². The molecule has 4 amide bonds. The van der Waals surface area contributed by atoms with E-state index in [1.807, 2.05) is 0 Å². The van der Waals surface area contributed by atoms with Crippen molar-refractivity contribution < 1.29 is 41.8 Å². The minimum Gasteiger partial charge on any atom is -0.493 e. The highest BCUT2D eigenvalue weighted by Crippen LogP contribution is 2.35. The van der Waals surface area contributed by atoms with E-state index in [0.717, 1.165) is 17.0 Å². The molecular formula is C21H20F3N3O6. The van der Waals surface area contributed by atoms with Crippen LogP contribution >= 0.6 is 0 Å². The summed E-state index contributed by atoms with van der Waals surface area (Å²) in [5.74, 6) is -1.06. The highest BCUT2D eigenvalue weighted by molar-refractivity contribution is 6.10. The van der Waals surface area contributed by atoms with Crippen LogP contribution in [0, 0.1) is 0 Å². The van der Waals surface area contributed by atoms with Crippen molar-refractivity contribution in [2.24, 2.45) is 0 Å². The fraction of sp³-hybridized carbons (Fsp3) is 0.286. The van der Waals surface area contributed by atoms with Crippen LogP contribution in [0.25, 0.3) is 0 Å². The zero-order valence-corrected chi connectivity index (χ0v) is 17.8. The molecule has 9 nitrogen and oxygen atoms in total. The van der Waals surface area contributed by atoms with Crippen LogP contribution in [0.5, 0.6) is 17.2 Å². The molecule has 0 aromatic heterocycles. The van der Waals surface area contributed by atoms with Crippen LogP contribution in [0.2, 0.25) is 0 Å². The third-order valence-corrected chi connectivity index (χ3v) is 4.91. The Hall–Kier alpha value is -3.96. The number of rotatable bonds is 7. The lowest BCUT2D eigenvalue weighted by Crippen LogP contribution is -2.42. The summed E-state index contributed by atoms with van der Waals surface area (Å²) in [6.07, 6.45) is -4.84. The Kier molecular flexibility index (Phi) is 6.38. The summed E-state index contributed by atoms with van der Waals surface area (Å²) in [5, 5.41) is 4.99. The van der Waals surface area contributed by atoms with E-state index in [1.165, 1.54) is 33.3 Å². The van der Waals surface area contributed by atoms with Gasteiger partial charge in [-0.2, -0.15) is 0 Å². The number of anilines is 1. The molecule has 0 spiro atoms. The van der Waals surface area contributed by atoms with Gasteiger partial charge in [-0.05, 0) is 48.9 Å². The van der Waals surface area contributed by atoms with Crippen LogP contribution in [0.15, 0.2) is 42.5 Å². The molecule has 0 unspecified atom stereocenters. The number of benzene rings is 2.